The van der Waals surface area contributed by atoms with Crippen LogP contribution in [-0.4, -0.2) is 20.7 Å². The molecule has 5 heteroatoms. The van der Waals surface area contributed by atoms with Crippen LogP contribution in [-0.2, 0) is 11.3 Å². The lowest BCUT2D eigenvalue weighted by Gasteiger charge is -2.13. The number of thioether (sulfide) groups is 1. The summed E-state index contributed by atoms with van der Waals surface area (Å²) in [5.74, 6) is -0.0361. The Balaban J connectivity index is 1.77. The molecule has 2 aromatic carbocycles. The number of aromatic nitrogens is 2. The number of carbonyl (C=O) groups excluding carboxylic acids is 1. The van der Waals surface area contributed by atoms with Gasteiger partial charge in [0.05, 0.1) is 16.3 Å². The first-order chi connectivity index (χ1) is 12.1. The van der Waals surface area contributed by atoms with Crippen LogP contribution in [0.2, 0.25) is 0 Å². The number of amides is 1. The van der Waals surface area contributed by atoms with Crippen LogP contribution in [0.5, 0.6) is 0 Å². The number of nitrogens with one attached hydrogen (secondary N) is 1. The van der Waals surface area contributed by atoms with Crippen LogP contribution in [0.15, 0.2) is 66.3 Å². The summed E-state index contributed by atoms with van der Waals surface area (Å²) in [4.78, 5) is 17.2. The minimum absolute atomic E-state index is 0.0361. The zero-order chi connectivity index (χ0) is 17.8. The molecule has 0 aliphatic carbocycles. The van der Waals surface area contributed by atoms with Gasteiger partial charge < -0.3 is 9.88 Å². The molecule has 128 valence electrons. The second-order valence-corrected chi connectivity index (χ2v) is 7.21. The molecular formula is C20H21N3OS. The molecule has 1 aromatic heterocycles. The van der Waals surface area contributed by atoms with E-state index in [9.17, 15) is 4.79 Å². The average Bonchev–Trinajstić information content (AvgIpc) is 2.95. The van der Waals surface area contributed by atoms with Gasteiger partial charge in [-0.15, -0.1) is 6.58 Å². The molecule has 4 nitrogen and oxygen atoms in total. The number of rotatable bonds is 6. The number of allylic oxidation sites excluding steroid dienone is 1. The number of carbonyl (C=O) groups is 1. The molecule has 1 heterocycles. The van der Waals surface area contributed by atoms with Crippen LogP contribution in [0.25, 0.3) is 11.0 Å². The molecule has 0 saturated carbocycles. The van der Waals surface area contributed by atoms with Crippen molar-refractivity contribution >= 4 is 34.4 Å². The van der Waals surface area contributed by atoms with Gasteiger partial charge in [-0.1, -0.05) is 47.7 Å². The van der Waals surface area contributed by atoms with Gasteiger partial charge in [0.2, 0.25) is 5.91 Å². The summed E-state index contributed by atoms with van der Waals surface area (Å²) in [6, 6.07) is 15.8. The van der Waals surface area contributed by atoms with Crippen LogP contribution in [0.3, 0.4) is 0 Å². The van der Waals surface area contributed by atoms with Crippen molar-refractivity contribution in [1.29, 1.82) is 0 Å². The van der Waals surface area contributed by atoms with Crippen LogP contribution in [0, 0.1) is 6.92 Å². The van der Waals surface area contributed by atoms with Gasteiger partial charge in [-0.25, -0.2) is 4.98 Å². The Morgan fingerprint density at radius 1 is 1.28 bits per heavy atom. The number of nitrogens with zero attached hydrogens (tertiary/aromatic N) is 2. The molecule has 3 rings (SSSR count). The number of hydrogen-bond acceptors (Lipinski definition) is 3. The highest BCUT2D eigenvalue weighted by atomic mass is 32.2. The van der Waals surface area contributed by atoms with Gasteiger partial charge in [0.15, 0.2) is 5.16 Å². The molecule has 0 aliphatic rings. The smallest absolute Gasteiger partial charge is 0.237 e. The molecule has 0 radical (unpaired) electrons. The number of imidazole rings is 1. The lowest BCUT2D eigenvalue weighted by Crippen LogP contribution is -2.22. The van der Waals surface area contributed by atoms with Gasteiger partial charge in [0, 0.05) is 12.2 Å². The number of benzene rings is 2. The van der Waals surface area contributed by atoms with Gasteiger partial charge in [-0.2, -0.15) is 0 Å². The summed E-state index contributed by atoms with van der Waals surface area (Å²) in [7, 11) is 0. The standard InChI is InChI=1S/C20H21N3OS/c1-4-13-23-18-8-6-5-7-17(18)22-20(23)25-15(3)19(24)21-16-11-9-14(2)10-12-16/h4-12,15H,1,13H2,2-3H3,(H,21,24). The first kappa shape index (κ1) is 17.3. The Bertz CT molecular complexity index is 899. The normalized spacial score (nSPS) is 12.1. The lowest BCUT2D eigenvalue weighted by atomic mass is 10.2. The predicted molar refractivity (Wildman–Crippen MR) is 105 cm³/mol. The Kier molecular flexibility index (Phi) is 5.24. The van der Waals surface area contributed by atoms with Crippen molar-refractivity contribution in [2.75, 3.05) is 5.32 Å². The highest BCUT2D eigenvalue weighted by molar-refractivity contribution is 8.00. The van der Waals surface area contributed by atoms with Gasteiger partial charge in [-0.3, -0.25) is 4.79 Å². The Hall–Kier alpha value is -2.53. The number of anilines is 1. The second kappa shape index (κ2) is 7.57. The molecule has 0 saturated heterocycles. The number of fused-ring (bicyclic) bond motifs is 1. The van der Waals surface area contributed by atoms with Crippen molar-refractivity contribution in [3.8, 4) is 0 Å². The molecular weight excluding hydrogens is 330 g/mol. The first-order valence-corrected chi connectivity index (χ1v) is 9.07. The molecule has 1 atom stereocenters. The summed E-state index contributed by atoms with van der Waals surface area (Å²) in [6.45, 7) is 8.40. The monoisotopic (exact) mass is 351 g/mol. The fourth-order valence-corrected chi connectivity index (χ4v) is 3.47. The summed E-state index contributed by atoms with van der Waals surface area (Å²) in [5, 5.41) is 3.52. The molecule has 1 unspecified atom stereocenters. The Labute approximate surface area is 152 Å². The average molecular weight is 351 g/mol. The van der Waals surface area contributed by atoms with E-state index in [1.54, 1.807) is 0 Å². The van der Waals surface area contributed by atoms with E-state index >= 15 is 0 Å². The zero-order valence-electron chi connectivity index (χ0n) is 14.4. The minimum atomic E-state index is -0.262. The maximum absolute atomic E-state index is 12.5. The summed E-state index contributed by atoms with van der Waals surface area (Å²) >= 11 is 1.46. The van der Waals surface area contributed by atoms with E-state index < -0.39 is 0 Å². The highest BCUT2D eigenvalue weighted by Crippen LogP contribution is 2.28. The maximum Gasteiger partial charge on any atom is 0.237 e. The largest absolute Gasteiger partial charge is 0.325 e. The quantitative estimate of drug-likeness (QED) is 0.519. The van der Waals surface area contributed by atoms with Gasteiger partial charge in [0.1, 0.15) is 0 Å². The highest BCUT2D eigenvalue weighted by Gasteiger charge is 2.19. The summed E-state index contributed by atoms with van der Waals surface area (Å²) in [6.07, 6.45) is 1.84. The molecule has 0 bridgehead atoms. The van der Waals surface area contributed by atoms with E-state index in [-0.39, 0.29) is 11.2 Å². The zero-order valence-corrected chi connectivity index (χ0v) is 15.2. The van der Waals surface area contributed by atoms with E-state index in [1.807, 2.05) is 68.5 Å². The molecule has 0 spiro atoms. The van der Waals surface area contributed by atoms with Crippen LogP contribution >= 0.6 is 11.8 Å². The SMILES string of the molecule is C=CCn1c(SC(C)C(=O)Nc2ccc(C)cc2)nc2ccccc21. The number of para-hydroxylation sites is 2. The van der Waals surface area contributed by atoms with Crippen molar-refractivity contribution in [3.05, 3.63) is 66.7 Å². The van der Waals surface area contributed by atoms with E-state index in [1.165, 1.54) is 17.3 Å². The summed E-state index contributed by atoms with van der Waals surface area (Å²) < 4.78 is 2.09. The molecule has 0 fully saturated rings. The molecule has 1 amide bonds. The summed E-state index contributed by atoms with van der Waals surface area (Å²) in [5.41, 5.74) is 3.95. The molecule has 0 aliphatic heterocycles. The van der Waals surface area contributed by atoms with Gasteiger partial charge in [0.25, 0.3) is 0 Å². The van der Waals surface area contributed by atoms with Crippen molar-refractivity contribution in [3.63, 3.8) is 0 Å². The predicted octanol–water partition coefficient (Wildman–Crippen LogP) is 4.65. The van der Waals surface area contributed by atoms with Gasteiger partial charge >= 0.3 is 0 Å². The van der Waals surface area contributed by atoms with Crippen LogP contribution < -0.4 is 5.32 Å². The number of aryl methyl sites for hydroxylation is 1. The van der Waals surface area contributed by atoms with Crippen LogP contribution in [0.4, 0.5) is 5.69 Å². The second-order valence-electron chi connectivity index (χ2n) is 5.90. The minimum Gasteiger partial charge on any atom is -0.325 e. The van der Waals surface area contributed by atoms with Crippen molar-refractivity contribution in [2.45, 2.75) is 30.8 Å². The van der Waals surface area contributed by atoms with Crippen molar-refractivity contribution < 1.29 is 4.79 Å². The topological polar surface area (TPSA) is 46.9 Å². The third kappa shape index (κ3) is 3.94. The fourth-order valence-electron chi connectivity index (χ4n) is 2.54. The van der Waals surface area contributed by atoms with E-state index in [0.29, 0.717) is 6.54 Å². The Morgan fingerprint density at radius 2 is 2.00 bits per heavy atom. The first-order valence-electron chi connectivity index (χ1n) is 8.19. The van der Waals surface area contributed by atoms with Crippen molar-refractivity contribution in [1.82, 2.24) is 9.55 Å². The molecule has 1 N–H and O–H groups in total. The third-order valence-corrected chi connectivity index (χ3v) is 4.99. The van der Waals surface area contributed by atoms with E-state index in [2.05, 4.69) is 21.4 Å². The molecule has 25 heavy (non-hydrogen) atoms. The lowest BCUT2D eigenvalue weighted by molar-refractivity contribution is -0.115. The van der Waals surface area contributed by atoms with Gasteiger partial charge in [-0.05, 0) is 38.1 Å². The van der Waals surface area contributed by atoms with Crippen LogP contribution in [0.1, 0.15) is 12.5 Å². The molecule has 3 aromatic rings. The van der Waals surface area contributed by atoms with E-state index in [4.69, 9.17) is 0 Å². The fraction of sp³-hybridized carbons (Fsp3) is 0.200. The van der Waals surface area contributed by atoms with Crippen molar-refractivity contribution in [2.24, 2.45) is 0 Å². The maximum atomic E-state index is 12.5. The van der Waals surface area contributed by atoms with E-state index in [0.717, 1.165) is 21.9 Å². The third-order valence-electron chi connectivity index (χ3n) is 3.90. The number of hydrogen-bond donors (Lipinski definition) is 1. The Morgan fingerprint density at radius 3 is 2.72 bits per heavy atom.